The van der Waals surface area contributed by atoms with Crippen molar-refractivity contribution in [3.63, 3.8) is 0 Å². The highest BCUT2D eigenvalue weighted by molar-refractivity contribution is 5.91. The Hall–Kier alpha value is -2.22. The Labute approximate surface area is 133 Å². The quantitative estimate of drug-likeness (QED) is 0.619. The molecular formula is C15H20N4O4. The van der Waals surface area contributed by atoms with Gasteiger partial charge < -0.3 is 9.64 Å². The molecule has 2 N–H and O–H groups in total. The van der Waals surface area contributed by atoms with Crippen LogP contribution in [-0.2, 0) is 11.3 Å². The predicted molar refractivity (Wildman–Crippen MR) is 78.8 cm³/mol. The number of amides is 2. The normalized spacial score (nSPS) is 18.6. The first kappa shape index (κ1) is 15.7. The summed E-state index contributed by atoms with van der Waals surface area (Å²) in [6, 6.07) is 0. The Morgan fingerprint density at radius 3 is 2.83 bits per heavy atom. The van der Waals surface area contributed by atoms with Gasteiger partial charge in [-0.25, -0.2) is 10.5 Å². The van der Waals surface area contributed by atoms with E-state index in [-0.39, 0.29) is 23.4 Å². The van der Waals surface area contributed by atoms with Crippen molar-refractivity contribution in [2.24, 2.45) is 5.92 Å². The van der Waals surface area contributed by atoms with Crippen molar-refractivity contribution in [2.75, 3.05) is 13.2 Å². The lowest BCUT2D eigenvalue weighted by atomic mass is 9.88. The minimum absolute atomic E-state index is 0.0293. The van der Waals surface area contributed by atoms with Crippen molar-refractivity contribution in [3.8, 4) is 5.88 Å². The van der Waals surface area contributed by atoms with E-state index in [1.807, 2.05) is 0 Å². The number of rotatable bonds is 2. The lowest BCUT2D eigenvalue weighted by Crippen LogP contribution is -2.38. The predicted octanol–water partition coefficient (Wildman–Crippen LogP) is 0.897. The van der Waals surface area contributed by atoms with Gasteiger partial charge in [-0.2, -0.15) is 0 Å². The summed E-state index contributed by atoms with van der Waals surface area (Å²) in [6.07, 6.45) is 6.58. The first-order chi connectivity index (χ1) is 11.2. The molecule has 0 atom stereocenters. The van der Waals surface area contributed by atoms with Crippen LogP contribution in [0.1, 0.15) is 48.3 Å². The molecular weight excluding hydrogens is 300 g/mol. The van der Waals surface area contributed by atoms with Gasteiger partial charge in [0.2, 0.25) is 11.8 Å². The van der Waals surface area contributed by atoms with Crippen LogP contribution in [0.3, 0.4) is 0 Å². The maximum atomic E-state index is 12.7. The van der Waals surface area contributed by atoms with E-state index in [9.17, 15) is 9.59 Å². The number of aromatic nitrogens is 2. The first-order valence-electron chi connectivity index (χ1n) is 7.91. The summed E-state index contributed by atoms with van der Waals surface area (Å²) < 4.78 is 5.52. The van der Waals surface area contributed by atoms with E-state index in [1.54, 1.807) is 4.90 Å². The molecule has 8 heteroatoms. The van der Waals surface area contributed by atoms with Crippen LogP contribution in [0, 0.1) is 5.92 Å². The Kier molecular flexibility index (Phi) is 4.71. The molecule has 2 aliphatic rings. The molecule has 2 amide bonds. The highest BCUT2D eigenvalue weighted by atomic mass is 16.5. The van der Waals surface area contributed by atoms with E-state index in [1.165, 1.54) is 18.1 Å². The first-order valence-corrected chi connectivity index (χ1v) is 7.91. The second-order valence-corrected chi connectivity index (χ2v) is 5.89. The summed E-state index contributed by atoms with van der Waals surface area (Å²) in [6.45, 7) is 1.12. The molecule has 1 fully saturated rings. The van der Waals surface area contributed by atoms with E-state index < -0.39 is 5.91 Å². The Morgan fingerprint density at radius 2 is 2.09 bits per heavy atom. The number of nitrogens with zero attached hydrogens (tertiary/aromatic N) is 3. The van der Waals surface area contributed by atoms with Crippen LogP contribution in [0.15, 0.2) is 6.20 Å². The fourth-order valence-corrected chi connectivity index (χ4v) is 3.10. The zero-order chi connectivity index (χ0) is 16.2. The third-order valence-electron chi connectivity index (χ3n) is 4.35. The van der Waals surface area contributed by atoms with Crippen molar-refractivity contribution in [1.82, 2.24) is 20.3 Å². The van der Waals surface area contributed by atoms with Gasteiger partial charge >= 0.3 is 0 Å². The molecule has 1 saturated carbocycles. The highest BCUT2D eigenvalue weighted by Crippen LogP contribution is 2.27. The molecule has 1 aromatic rings. The molecule has 0 aromatic carbocycles. The van der Waals surface area contributed by atoms with Gasteiger partial charge in [0.25, 0.3) is 5.91 Å². The lowest BCUT2D eigenvalue weighted by molar-refractivity contribution is -0.137. The van der Waals surface area contributed by atoms with E-state index in [2.05, 4.69) is 9.97 Å². The smallest absolute Gasteiger partial charge is 0.294 e. The highest BCUT2D eigenvalue weighted by Gasteiger charge is 2.29. The maximum Gasteiger partial charge on any atom is 0.294 e. The molecule has 1 aromatic heterocycles. The van der Waals surface area contributed by atoms with Crippen LogP contribution in [0.4, 0.5) is 0 Å². The van der Waals surface area contributed by atoms with Gasteiger partial charge in [0.15, 0.2) is 5.69 Å². The summed E-state index contributed by atoms with van der Waals surface area (Å²) in [5, 5.41) is 8.65. The number of hydrogen-bond donors (Lipinski definition) is 2. The van der Waals surface area contributed by atoms with Crippen molar-refractivity contribution >= 4 is 11.8 Å². The van der Waals surface area contributed by atoms with E-state index in [0.29, 0.717) is 25.4 Å². The summed E-state index contributed by atoms with van der Waals surface area (Å²) in [5.74, 6) is -0.258. The maximum absolute atomic E-state index is 12.7. The van der Waals surface area contributed by atoms with Crippen LogP contribution in [0.25, 0.3) is 0 Å². The topological polar surface area (TPSA) is 105 Å². The Bertz CT molecular complexity index is 601. The minimum atomic E-state index is -0.747. The van der Waals surface area contributed by atoms with Crippen LogP contribution in [0.5, 0.6) is 5.88 Å². The average molecular weight is 320 g/mol. The second kappa shape index (κ2) is 6.91. The molecule has 23 heavy (non-hydrogen) atoms. The van der Waals surface area contributed by atoms with Crippen LogP contribution >= 0.6 is 0 Å². The van der Waals surface area contributed by atoms with Crippen molar-refractivity contribution < 1.29 is 19.5 Å². The van der Waals surface area contributed by atoms with Crippen molar-refractivity contribution in [3.05, 3.63) is 17.6 Å². The number of carbonyl (C=O) groups is 2. The second-order valence-electron chi connectivity index (χ2n) is 5.89. The summed E-state index contributed by atoms with van der Waals surface area (Å²) in [4.78, 5) is 34.0. The van der Waals surface area contributed by atoms with Gasteiger partial charge in [-0.05, 0) is 12.8 Å². The number of hydroxylamine groups is 1. The molecule has 1 aliphatic heterocycles. The largest absolute Gasteiger partial charge is 0.474 e. The molecule has 0 spiro atoms. The Morgan fingerprint density at radius 1 is 1.30 bits per heavy atom. The van der Waals surface area contributed by atoms with E-state index in [4.69, 9.17) is 9.94 Å². The molecule has 0 radical (unpaired) electrons. The number of hydrogen-bond acceptors (Lipinski definition) is 6. The summed E-state index contributed by atoms with van der Waals surface area (Å²) >= 11 is 0. The van der Waals surface area contributed by atoms with Crippen molar-refractivity contribution in [2.45, 2.75) is 38.6 Å². The van der Waals surface area contributed by atoms with Gasteiger partial charge in [0.1, 0.15) is 12.3 Å². The summed E-state index contributed by atoms with van der Waals surface area (Å²) in [5.41, 5.74) is 2.01. The lowest BCUT2D eigenvalue weighted by Gasteiger charge is -2.27. The van der Waals surface area contributed by atoms with Gasteiger partial charge in [-0.1, -0.05) is 19.3 Å². The number of fused-ring (bicyclic) bond motifs is 1. The fraction of sp³-hybridized carbons (Fsp3) is 0.600. The van der Waals surface area contributed by atoms with Gasteiger partial charge in [-0.3, -0.25) is 19.8 Å². The molecule has 0 saturated heterocycles. The average Bonchev–Trinajstić information content (AvgIpc) is 2.82. The molecule has 0 bridgehead atoms. The monoisotopic (exact) mass is 320 g/mol. The van der Waals surface area contributed by atoms with E-state index in [0.717, 1.165) is 25.7 Å². The van der Waals surface area contributed by atoms with Gasteiger partial charge in [0.05, 0.1) is 19.3 Å². The SMILES string of the molecule is O=C(NO)c1cnc2c(n1)OCCN(C(=O)C1CCCCC1)C2. The van der Waals surface area contributed by atoms with Crippen LogP contribution < -0.4 is 10.2 Å². The zero-order valence-electron chi connectivity index (χ0n) is 12.8. The van der Waals surface area contributed by atoms with Crippen molar-refractivity contribution in [1.29, 1.82) is 0 Å². The molecule has 8 nitrogen and oxygen atoms in total. The number of carbonyl (C=O) groups excluding carboxylic acids is 2. The van der Waals surface area contributed by atoms with Crippen LogP contribution in [-0.4, -0.2) is 45.0 Å². The molecule has 0 unspecified atom stereocenters. The molecule has 1 aliphatic carbocycles. The molecule has 2 heterocycles. The number of nitrogens with one attached hydrogen (secondary N) is 1. The van der Waals surface area contributed by atoms with E-state index >= 15 is 0 Å². The third-order valence-corrected chi connectivity index (χ3v) is 4.35. The standard InChI is InChI=1S/C15H20N4O4/c20-13(18-22)11-8-16-12-9-19(6-7-23-14(12)17-11)15(21)10-4-2-1-3-5-10/h8,10,22H,1-7,9H2,(H,18,20). The number of ether oxygens (including phenoxy) is 1. The summed E-state index contributed by atoms with van der Waals surface area (Å²) in [7, 11) is 0. The minimum Gasteiger partial charge on any atom is -0.474 e. The third kappa shape index (κ3) is 3.42. The Balaban J connectivity index is 1.75. The van der Waals surface area contributed by atoms with Crippen LogP contribution in [0.2, 0.25) is 0 Å². The molecule has 3 rings (SSSR count). The van der Waals surface area contributed by atoms with Gasteiger partial charge in [-0.15, -0.1) is 0 Å². The molecule has 124 valence electrons. The fourth-order valence-electron chi connectivity index (χ4n) is 3.10. The van der Waals surface area contributed by atoms with Gasteiger partial charge in [0, 0.05) is 5.92 Å². The zero-order valence-corrected chi connectivity index (χ0v) is 12.8.